The number of rotatable bonds is 5. The molecule has 23 heavy (non-hydrogen) atoms. The molecule has 0 aliphatic rings. The summed E-state index contributed by atoms with van der Waals surface area (Å²) in [6, 6.07) is 7.32. The Morgan fingerprint density at radius 2 is 1.70 bits per heavy atom. The van der Waals surface area contributed by atoms with Crippen LogP contribution in [-0.2, 0) is 0 Å². The van der Waals surface area contributed by atoms with Crippen molar-refractivity contribution in [1.82, 2.24) is 16.0 Å². The molecule has 7 heteroatoms. The van der Waals surface area contributed by atoms with E-state index in [1.165, 1.54) is 0 Å². The molecule has 0 aromatic heterocycles. The van der Waals surface area contributed by atoms with Crippen LogP contribution in [-0.4, -0.2) is 37.5 Å². The van der Waals surface area contributed by atoms with Crippen LogP contribution in [0.4, 0.5) is 0 Å². The molecule has 0 saturated carbocycles. The quantitative estimate of drug-likeness (QED) is 0.254. The van der Waals surface area contributed by atoms with Gasteiger partial charge in [-0.3, -0.25) is 9.79 Å². The Bertz CT molecular complexity index is 512. The summed E-state index contributed by atoms with van der Waals surface area (Å²) in [6.07, 6.45) is 0.826. The summed E-state index contributed by atoms with van der Waals surface area (Å²) in [6.45, 7) is 7.61. The number of benzene rings is 1. The second-order valence-corrected chi connectivity index (χ2v) is 6.91. The number of nitrogens with one attached hydrogen (secondary N) is 3. The average Bonchev–Trinajstić information content (AvgIpc) is 2.45. The maximum Gasteiger partial charge on any atom is 0.251 e. The lowest BCUT2D eigenvalue weighted by Crippen LogP contribution is -2.48. The molecule has 0 aliphatic carbocycles. The molecule has 0 bridgehead atoms. The molecule has 1 aromatic rings. The fourth-order valence-corrected chi connectivity index (χ4v) is 2.00. The monoisotopic (exact) mass is 496 g/mol. The molecule has 0 atom stereocenters. The maximum absolute atomic E-state index is 11.9. The van der Waals surface area contributed by atoms with E-state index in [4.69, 9.17) is 0 Å². The molecule has 1 amide bonds. The highest BCUT2D eigenvalue weighted by Gasteiger charge is 2.11. The molecule has 0 fully saturated rings. The molecule has 0 aliphatic heterocycles. The maximum atomic E-state index is 11.9. The van der Waals surface area contributed by atoms with Crippen LogP contribution < -0.4 is 16.0 Å². The van der Waals surface area contributed by atoms with Crippen molar-refractivity contribution in [2.24, 2.45) is 4.99 Å². The van der Waals surface area contributed by atoms with Crippen LogP contribution in [0.25, 0.3) is 0 Å². The van der Waals surface area contributed by atoms with Crippen molar-refractivity contribution in [3.05, 3.63) is 34.3 Å². The largest absolute Gasteiger partial charge is 0.356 e. The van der Waals surface area contributed by atoms with Crippen molar-refractivity contribution in [3.63, 3.8) is 0 Å². The summed E-state index contributed by atoms with van der Waals surface area (Å²) in [5.74, 6) is 0.719. The van der Waals surface area contributed by atoms with Crippen molar-refractivity contribution >= 4 is 51.8 Å². The Hall–Kier alpha value is -0.830. The molecule has 0 unspecified atom stereocenters. The van der Waals surface area contributed by atoms with E-state index in [-0.39, 0.29) is 35.4 Å². The van der Waals surface area contributed by atoms with Crippen molar-refractivity contribution in [2.45, 2.75) is 32.7 Å². The highest BCUT2D eigenvalue weighted by Crippen LogP contribution is 2.10. The third kappa shape index (κ3) is 9.80. The summed E-state index contributed by atoms with van der Waals surface area (Å²) in [7, 11) is 1.75. The number of carbonyl (C=O) groups excluding carboxylic acids is 1. The van der Waals surface area contributed by atoms with Crippen LogP contribution in [0.5, 0.6) is 0 Å². The van der Waals surface area contributed by atoms with Gasteiger partial charge in [0.2, 0.25) is 0 Å². The van der Waals surface area contributed by atoms with Gasteiger partial charge in [0.05, 0.1) is 0 Å². The van der Waals surface area contributed by atoms with Gasteiger partial charge in [0.15, 0.2) is 5.96 Å². The normalized spacial score (nSPS) is 11.4. The molecule has 130 valence electrons. The van der Waals surface area contributed by atoms with Gasteiger partial charge in [0.1, 0.15) is 0 Å². The van der Waals surface area contributed by atoms with E-state index in [0.29, 0.717) is 12.1 Å². The summed E-state index contributed by atoms with van der Waals surface area (Å²) in [4.78, 5) is 16.1. The van der Waals surface area contributed by atoms with E-state index in [9.17, 15) is 4.79 Å². The minimum atomic E-state index is -0.0512. The molecule has 1 aromatic carbocycles. The van der Waals surface area contributed by atoms with Crippen LogP contribution in [0, 0.1) is 0 Å². The number of hydrogen-bond acceptors (Lipinski definition) is 2. The smallest absolute Gasteiger partial charge is 0.251 e. The van der Waals surface area contributed by atoms with Crippen LogP contribution in [0.15, 0.2) is 33.7 Å². The van der Waals surface area contributed by atoms with E-state index in [1.54, 1.807) is 19.2 Å². The SMILES string of the molecule is CN=C(NCCCNC(=O)c1ccc(Br)cc1)NC(C)(C)C.I. The first-order chi connectivity index (χ1) is 10.3. The zero-order chi connectivity index (χ0) is 16.6. The second kappa shape index (κ2) is 10.9. The van der Waals surface area contributed by atoms with Gasteiger partial charge in [0, 0.05) is 35.7 Å². The summed E-state index contributed by atoms with van der Waals surface area (Å²) in [5, 5.41) is 9.42. The van der Waals surface area contributed by atoms with E-state index in [0.717, 1.165) is 23.4 Å². The van der Waals surface area contributed by atoms with Gasteiger partial charge >= 0.3 is 0 Å². The van der Waals surface area contributed by atoms with Gasteiger partial charge in [-0.2, -0.15) is 0 Å². The van der Waals surface area contributed by atoms with Crippen LogP contribution in [0.3, 0.4) is 0 Å². The van der Waals surface area contributed by atoms with Crippen molar-refractivity contribution in [1.29, 1.82) is 0 Å². The number of hydrogen-bond donors (Lipinski definition) is 3. The van der Waals surface area contributed by atoms with Gasteiger partial charge in [-0.05, 0) is 51.5 Å². The lowest BCUT2D eigenvalue weighted by Gasteiger charge is -2.23. The Kier molecular flexibility index (Phi) is 10.5. The Balaban J connectivity index is 0.00000484. The average molecular weight is 497 g/mol. The first-order valence-corrected chi connectivity index (χ1v) is 8.14. The van der Waals surface area contributed by atoms with Crippen molar-refractivity contribution in [2.75, 3.05) is 20.1 Å². The first kappa shape index (κ1) is 22.2. The molecular weight excluding hydrogens is 471 g/mol. The first-order valence-electron chi connectivity index (χ1n) is 7.34. The van der Waals surface area contributed by atoms with Crippen molar-refractivity contribution in [3.8, 4) is 0 Å². The molecule has 1 rings (SSSR count). The van der Waals surface area contributed by atoms with Gasteiger partial charge in [0.25, 0.3) is 5.91 Å². The third-order valence-electron chi connectivity index (χ3n) is 2.75. The Morgan fingerprint density at radius 1 is 1.13 bits per heavy atom. The molecule has 5 nitrogen and oxygen atoms in total. The number of amides is 1. The molecule has 0 spiro atoms. The fourth-order valence-electron chi connectivity index (χ4n) is 1.73. The predicted octanol–water partition coefficient (Wildman–Crippen LogP) is 3.15. The lowest BCUT2D eigenvalue weighted by atomic mass is 10.1. The minimum Gasteiger partial charge on any atom is -0.356 e. The van der Waals surface area contributed by atoms with Crippen LogP contribution in [0.1, 0.15) is 37.6 Å². The van der Waals surface area contributed by atoms with Crippen LogP contribution in [0.2, 0.25) is 0 Å². The van der Waals surface area contributed by atoms with E-state index in [1.807, 2.05) is 12.1 Å². The number of aliphatic imine (C=N–C) groups is 1. The molecule has 0 heterocycles. The van der Waals surface area contributed by atoms with Gasteiger partial charge < -0.3 is 16.0 Å². The van der Waals surface area contributed by atoms with Crippen LogP contribution >= 0.6 is 39.9 Å². The minimum absolute atomic E-state index is 0. The topological polar surface area (TPSA) is 65.5 Å². The van der Waals surface area contributed by atoms with E-state index < -0.39 is 0 Å². The zero-order valence-electron chi connectivity index (χ0n) is 14.1. The number of halogens is 2. The highest BCUT2D eigenvalue weighted by molar-refractivity contribution is 14.0. The predicted molar refractivity (Wildman–Crippen MR) is 111 cm³/mol. The summed E-state index contributed by atoms with van der Waals surface area (Å²) in [5.41, 5.74) is 0.638. The lowest BCUT2D eigenvalue weighted by molar-refractivity contribution is 0.0953. The highest BCUT2D eigenvalue weighted by atomic mass is 127. The van der Waals surface area contributed by atoms with Gasteiger partial charge in [-0.25, -0.2) is 0 Å². The zero-order valence-corrected chi connectivity index (χ0v) is 18.0. The number of carbonyl (C=O) groups is 1. The van der Waals surface area contributed by atoms with Gasteiger partial charge in [-0.1, -0.05) is 15.9 Å². The van der Waals surface area contributed by atoms with Crippen molar-refractivity contribution < 1.29 is 4.79 Å². The third-order valence-corrected chi connectivity index (χ3v) is 3.28. The standard InChI is InChI=1S/C16H25BrN4O.HI/c1-16(2,3)21-15(18-4)20-11-5-10-19-14(22)12-6-8-13(17)9-7-12;/h6-9H,5,10-11H2,1-4H3,(H,19,22)(H2,18,20,21);1H. The Labute approximate surface area is 164 Å². The number of guanidine groups is 1. The fraction of sp³-hybridized carbons (Fsp3) is 0.500. The Morgan fingerprint density at radius 3 is 2.22 bits per heavy atom. The summed E-state index contributed by atoms with van der Waals surface area (Å²) >= 11 is 3.35. The van der Waals surface area contributed by atoms with Gasteiger partial charge in [-0.15, -0.1) is 24.0 Å². The molecule has 0 radical (unpaired) electrons. The number of nitrogens with zero attached hydrogens (tertiary/aromatic N) is 1. The summed E-state index contributed by atoms with van der Waals surface area (Å²) < 4.78 is 0.964. The molecule has 3 N–H and O–H groups in total. The second-order valence-electron chi connectivity index (χ2n) is 5.99. The van der Waals surface area contributed by atoms with E-state index >= 15 is 0 Å². The molecule has 0 saturated heterocycles. The van der Waals surface area contributed by atoms with E-state index in [2.05, 4.69) is 57.6 Å². The molecular formula is C16H26BrIN4O.